The summed E-state index contributed by atoms with van der Waals surface area (Å²) in [6.07, 6.45) is 0.119. The van der Waals surface area contributed by atoms with Gasteiger partial charge in [0.15, 0.2) is 0 Å². The average molecular weight is 234 g/mol. The second-order valence-corrected chi connectivity index (χ2v) is 4.26. The highest BCUT2D eigenvalue weighted by atomic mass is 19.1. The van der Waals surface area contributed by atoms with Crippen molar-refractivity contribution in [2.75, 3.05) is 19.7 Å². The van der Waals surface area contributed by atoms with Crippen LogP contribution in [-0.2, 0) is 4.74 Å². The Kier molecular flexibility index (Phi) is 3.72. The van der Waals surface area contributed by atoms with Gasteiger partial charge in [0.05, 0.1) is 18.8 Å². The molecule has 0 radical (unpaired) electrons. The SMILES string of the molecule is C[C@@H]1CN([C@H](C#N)c2cccc(F)c2)CCO1. The third-order valence-corrected chi connectivity index (χ3v) is 2.92. The lowest BCUT2D eigenvalue weighted by molar-refractivity contribution is -0.0269. The van der Waals surface area contributed by atoms with E-state index in [0.29, 0.717) is 25.3 Å². The molecular weight excluding hydrogens is 219 g/mol. The Bertz CT molecular complexity index is 430. The van der Waals surface area contributed by atoms with Gasteiger partial charge in [-0.15, -0.1) is 0 Å². The molecule has 2 atom stereocenters. The molecule has 4 heteroatoms. The van der Waals surface area contributed by atoms with E-state index in [9.17, 15) is 9.65 Å². The van der Waals surface area contributed by atoms with Crippen molar-refractivity contribution in [2.45, 2.75) is 19.1 Å². The molecule has 3 nitrogen and oxygen atoms in total. The second kappa shape index (κ2) is 5.26. The van der Waals surface area contributed by atoms with Gasteiger partial charge >= 0.3 is 0 Å². The van der Waals surface area contributed by atoms with E-state index in [1.165, 1.54) is 12.1 Å². The van der Waals surface area contributed by atoms with Gasteiger partial charge in [0.2, 0.25) is 0 Å². The zero-order chi connectivity index (χ0) is 12.3. The smallest absolute Gasteiger partial charge is 0.124 e. The molecule has 90 valence electrons. The van der Waals surface area contributed by atoms with Crippen LogP contribution in [0.25, 0.3) is 0 Å². The lowest BCUT2D eigenvalue weighted by Crippen LogP contribution is -2.42. The summed E-state index contributed by atoms with van der Waals surface area (Å²) < 4.78 is 18.6. The van der Waals surface area contributed by atoms with Gasteiger partial charge in [-0.2, -0.15) is 5.26 Å². The summed E-state index contributed by atoms with van der Waals surface area (Å²) in [7, 11) is 0. The third kappa shape index (κ3) is 2.82. The number of nitriles is 1. The van der Waals surface area contributed by atoms with Crippen molar-refractivity contribution in [3.8, 4) is 6.07 Å². The number of benzene rings is 1. The molecule has 0 amide bonds. The summed E-state index contributed by atoms with van der Waals surface area (Å²) in [5.41, 5.74) is 0.710. The maximum Gasteiger partial charge on any atom is 0.124 e. The fourth-order valence-electron chi connectivity index (χ4n) is 2.12. The number of hydrogen-bond donors (Lipinski definition) is 0. The highest BCUT2D eigenvalue weighted by Gasteiger charge is 2.25. The normalized spacial score (nSPS) is 23.0. The fourth-order valence-corrected chi connectivity index (χ4v) is 2.12. The fraction of sp³-hybridized carbons (Fsp3) is 0.462. The zero-order valence-electron chi connectivity index (χ0n) is 9.77. The summed E-state index contributed by atoms with van der Waals surface area (Å²) in [5, 5.41) is 9.25. The van der Waals surface area contributed by atoms with Crippen LogP contribution in [0.2, 0.25) is 0 Å². The Morgan fingerprint density at radius 2 is 2.41 bits per heavy atom. The standard InChI is InChI=1S/C13H15FN2O/c1-10-9-16(5-6-17-10)13(8-15)11-3-2-4-12(14)7-11/h2-4,7,10,13H,5-6,9H2,1H3/t10-,13-/m1/s1. The molecule has 1 aliphatic rings. The second-order valence-electron chi connectivity index (χ2n) is 4.26. The first-order chi connectivity index (χ1) is 8.20. The summed E-state index contributed by atoms with van der Waals surface area (Å²) in [5.74, 6) is -0.302. The molecule has 17 heavy (non-hydrogen) atoms. The first-order valence-corrected chi connectivity index (χ1v) is 5.71. The number of halogens is 1. The lowest BCUT2D eigenvalue weighted by Gasteiger charge is -2.34. The Labute approximate surface area is 100 Å². The van der Waals surface area contributed by atoms with Crippen molar-refractivity contribution in [3.63, 3.8) is 0 Å². The van der Waals surface area contributed by atoms with Crippen molar-refractivity contribution >= 4 is 0 Å². The van der Waals surface area contributed by atoms with E-state index in [0.717, 1.165) is 0 Å². The summed E-state index contributed by atoms with van der Waals surface area (Å²) in [4.78, 5) is 2.03. The Balaban J connectivity index is 2.19. The zero-order valence-corrected chi connectivity index (χ0v) is 9.77. The monoisotopic (exact) mass is 234 g/mol. The van der Waals surface area contributed by atoms with E-state index in [1.807, 2.05) is 11.8 Å². The van der Waals surface area contributed by atoms with Crippen LogP contribution >= 0.6 is 0 Å². The molecule has 0 unspecified atom stereocenters. The molecule has 1 fully saturated rings. The van der Waals surface area contributed by atoms with E-state index in [4.69, 9.17) is 4.74 Å². The van der Waals surface area contributed by atoms with Crippen molar-refractivity contribution in [3.05, 3.63) is 35.6 Å². The predicted octanol–water partition coefficient (Wildman–Crippen LogP) is 2.11. The summed E-state index contributed by atoms with van der Waals surface area (Å²) >= 11 is 0. The summed E-state index contributed by atoms with van der Waals surface area (Å²) in [6, 6.07) is 8.09. The first kappa shape index (κ1) is 12.0. The number of ether oxygens (including phenoxy) is 1. The van der Waals surface area contributed by atoms with Crippen molar-refractivity contribution in [1.29, 1.82) is 5.26 Å². The molecule has 0 aliphatic carbocycles. The molecule has 1 aliphatic heterocycles. The van der Waals surface area contributed by atoms with E-state index in [1.54, 1.807) is 12.1 Å². The van der Waals surface area contributed by atoms with E-state index >= 15 is 0 Å². The maximum absolute atomic E-state index is 13.2. The van der Waals surface area contributed by atoms with Gasteiger partial charge < -0.3 is 4.74 Å². The van der Waals surface area contributed by atoms with E-state index in [2.05, 4.69) is 6.07 Å². The molecular formula is C13H15FN2O. The first-order valence-electron chi connectivity index (χ1n) is 5.71. The molecule has 2 rings (SSSR count). The van der Waals surface area contributed by atoms with Gasteiger partial charge in [-0.05, 0) is 24.6 Å². The van der Waals surface area contributed by atoms with Crippen LogP contribution < -0.4 is 0 Å². The van der Waals surface area contributed by atoms with Gasteiger partial charge in [-0.25, -0.2) is 4.39 Å². The minimum absolute atomic E-state index is 0.119. The number of morpholine rings is 1. The van der Waals surface area contributed by atoms with Crippen LogP contribution in [0.3, 0.4) is 0 Å². The number of rotatable bonds is 2. The predicted molar refractivity (Wildman–Crippen MR) is 61.7 cm³/mol. The topological polar surface area (TPSA) is 36.3 Å². The molecule has 0 saturated carbocycles. The molecule has 0 aromatic heterocycles. The molecule has 1 saturated heterocycles. The van der Waals surface area contributed by atoms with Crippen LogP contribution in [0.1, 0.15) is 18.5 Å². The van der Waals surface area contributed by atoms with Crippen LogP contribution in [0, 0.1) is 17.1 Å². The molecule has 1 aromatic rings. The number of nitrogens with zero attached hydrogens (tertiary/aromatic N) is 2. The van der Waals surface area contributed by atoms with Crippen LogP contribution in [0.4, 0.5) is 4.39 Å². The minimum Gasteiger partial charge on any atom is -0.376 e. The molecule has 0 spiro atoms. The maximum atomic E-state index is 13.2. The molecule has 1 aromatic carbocycles. The lowest BCUT2D eigenvalue weighted by atomic mass is 10.1. The van der Waals surface area contributed by atoms with Crippen molar-refractivity contribution in [1.82, 2.24) is 4.90 Å². The Morgan fingerprint density at radius 1 is 1.59 bits per heavy atom. The largest absolute Gasteiger partial charge is 0.376 e. The Morgan fingerprint density at radius 3 is 3.06 bits per heavy atom. The Hall–Kier alpha value is -1.44. The van der Waals surface area contributed by atoms with Crippen LogP contribution in [-0.4, -0.2) is 30.7 Å². The van der Waals surface area contributed by atoms with Crippen LogP contribution in [0.15, 0.2) is 24.3 Å². The van der Waals surface area contributed by atoms with Crippen molar-refractivity contribution < 1.29 is 9.13 Å². The van der Waals surface area contributed by atoms with Gasteiger partial charge in [-0.3, -0.25) is 4.90 Å². The molecule has 1 heterocycles. The minimum atomic E-state index is -0.392. The van der Waals surface area contributed by atoms with E-state index < -0.39 is 6.04 Å². The summed E-state index contributed by atoms with van der Waals surface area (Å²) in [6.45, 7) is 4.01. The van der Waals surface area contributed by atoms with Gasteiger partial charge in [0.25, 0.3) is 0 Å². The van der Waals surface area contributed by atoms with Gasteiger partial charge in [0.1, 0.15) is 11.9 Å². The molecule has 0 N–H and O–H groups in total. The van der Waals surface area contributed by atoms with Gasteiger partial charge in [-0.1, -0.05) is 12.1 Å². The van der Waals surface area contributed by atoms with E-state index in [-0.39, 0.29) is 11.9 Å². The highest BCUT2D eigenvalue weighted by molar-refractivity contribution is 5.25. The molecule has 0 bridgehead atoms. The third-order valence-electron chi connectivity index (χ3n) is 2.92. The highest BCUT2D eigenvalue weighted by Crippen LogP contribution is 2.22. The van der Waals surface area contributed by atoms with Crippen LogP contribution in [0.5, 0.6) is 0 Å². The quantitative estimate of drug-likeness (QED) is 0.786. The van der Waals surface area contributed by atoms with Gasteiger partial charge in [0, 0.05) is 13.1 Å². The van der Waals surface area contributed by atoms with Crippen molar-refractivity contribution in [2.24, 2.45) is 0 Å². The average Bonchev–Trinajstić information content (AvgIpc) is 2.30. The number of hydrogen-bond acceptors (Lipinski definition) is 3.